The average Bonchev–Trinajstić information content (AvgIpc) is 2.54. The van der Waals surface area contributed by atoms with Crippen molar-refractivity contribution < 1.29 is 14.3 Å². The van der Waals surface area contributed by atoms with Crippen LogP contribution in [-0.2, 0) is 20.9 Å². The number of amides is 1. The van der Waals surface area contributed by atoms with E-state index in [2.05, 4.69) is 10.6 Å². The first kappa shape index (κ1) is 16.5. The molecule has 6 nitrogen and oxygen atoms in total. The van der Waals surface area contributed by atoms with Gasteiger partial charge in [-0.3, -0.25) is 14.5 Å². The lowest BCUT2D eigenvalue weighted by Gasteiger charge is -2.32. The molecule has 22 heavy (non-hydrogen) atoms. The zero-order valence-electron chi connectivity index (χ0n) is 12.9. The van der Waals surface area contributed by atoms with Crippen LogP contribution in [0.25, 0.3) is 0 Å². The summed E-state index contributed by atoms with van der Waals surface area (Å²) in [7, 11) is 0. The summed E-state index contributed by atoms with van der Waals surface area (Å²) < 4.78 is 4.94. The van der Waals surface area contributed by atoms with E-state index >= 15 is 0 Å². The molecule has 1 unspecified atom stereocenters. The molecular formula is C16H23N3O3. The molecule has 1 atom stereocenters. The van der Waals surface area contributed by atoms with Crippen LogP contribution in [0.15, 0.2) is 30.3 Å². The van der Waals surface area contributed by atoms with Gasteiger partial charge in [-0.15, -0.1) is 0 Å². The predicted octanol–water partition coefficient (Wildman–Crippen LogP) is 0.140. The van der Waals surface area contributed by atoms with E-state index in [9.17, 15) is 9.59 Å². The van der Waals surface area contributed by atoms with Gasteiger partial charge < -0.3 is 15.4 Å². The highest BCUT2D eigenvalue weighted by atomic mass is 16.5. The molecule has 0 aliphatic carbocycles. The molecule has 0 aromatic heterocycles. The third-order valence-corrected chi connectivity index (χ3v) is 3.54. The Morgan fingerprint density at radius 3 is 2.86 bits per heavy atom. The zero-order valence-corrected chi connectivity index (χ0v) is 12.9. The third-order valence-electron chi connectivity index (χ3n) is 3.54. The SMILES string of the molecule is CCOC(=O)CN1CCNC(C(=O)NCc2ccccc2)C1. The standard InChI is InChI=1S/C16H23N3O3/c1-2-22-15(20)12-19-9-8-17-14(11-19)16(21)18-10-13-6-4-3-5-7-13/h3-7,14,17H,2,8-12H2,1H3,(H,18,21). The Hall–Kier alpha value is -1.92. The van der Waals surface area contributed by atoms with Crippen molar-refractivity contribution in [3.05, 3.63) is 35.9 Å². The van der Waals surface area contributed by atoms with E-state index < -0.39 is 0 Å². The highest BCUT2D eigenvalue weighted by Crippen LogP contribution is 2.02. The number of carbonyl (C=O) groups is 2. The van der Waals surface area contributed by atoms with E-state index in [1.165, 1.54) is 0 Å². The van der Waals surface area contributed by atoms with E-state index in [1.54, 1.807) is 6.92 Å². The number of hydrogen-bond acceptors (Lipinski definition) is 5. The van der Waals surface area contributed by atoms with Crippen LogP contribution in [0.2, 0.25) is 0 Å². The molecule has 1 aromatic carbocycles. The van der Waals surface area contributed by atoms with Crippen LogP contribution in [-0.4, -0.2) is 55.6 Å². The average molecular weight is 305 g/mol. The van der Waals surface area contributed by atoms with E-state index in [-0.39, 0.29) is 24.5 Å². The minimum Gasteiger partial charge on any atom is -0.465 e. The first-order chi connectivity index (χ1) is 10.7. The van der Waals surface area contributed by atoms with Gasteiger partial charge >= 0.3 is 5.97 Å². The molecule has 0 spiro atoms. The lowest BCUT2D eigenvalue weighted by molar-refractivity contribution is -0.145. The molecule has 120 valence electrons. The van der Waals surface area contributed by atoms with E-state index in [0.717, 1.165) is 12.1 Å². The van der Waals surface area contributed by atoms with Crippen LogP contribution in [0.4, 0.5) is 0 Å². The molecule has 0 radical (unpaired) electrons. The zero-order chi connectivity index (χ0) is 15.8. The van der Waals surface area contributed by atoms with Crippen molar-refractivity contribution >= 4 is 11.9 Å². The molecule has 2 N–H and O–H groups in total. The summed E-state index contributed by atoms with van der Waals surface area (Å²) in [6.07, 6.45) is 0. The van der Waals surface area contributed by atoms with Crippen molar-refractivity contribution in [2.45, 2.75) is 19.5 Å². The van der Waals surface area contributed by atoms with Gasteiger partial charge in [0.1, 0.15) is 0 Å². The maximum Gasteiger partial charge on any atom is 0.320 e. The van der Waals surface area contributed by atoms with Crippen LogP contribution >= 0.6 is 0 Å². The summed E-state index contributed by atoms with van der Waals surface area (Å²) >= 11 is 0. The van der Waals surface area contributed by atoms with Gasteiger partial charge in [-0.1, -0.05) is 30.3 Å². The smallest absolute Gasteiger partial charge is 0.320 e. The Labute approximate surface area is 130 Å². The molecule has 1 aliphatic rings. The molecule has 1 fully saturated rings. The molecule has 1 heterocycles. The number of piperazine rings is 1. The second kappa shape index (κ2) is 8.51. The Morgan fingerprint density at radius 1 is 1.36 bits per heavy atom. The highest BCUT2D eigenvalue weighted by Gasteiger charge is 2.26. The number of nitrogens with one attached hydrogen (secondary N) is 2. The Morgan fingerprint density at radius 2 is 2.14 bits per heavy atom. The molecule has 1 aromatic rings. The third kappa shape index (κ3) is 5.13. The van der Waals surface area contributed by atoms with Crippen LogP contribution in [0, 0.1) is 0 Å². The Bertz CT molecular complexity index is 493. The number of nitrogens with zero attached hydrogens (tertiary/aromatic N) is 1. The number of carbonyl (C=O) groups excluding carboxylic acids is 2. The number of rotatable bonds is 6. The van der Waals surface area contributed by atoms with Crippen molar-refractivity contribution in [2.24, 2.45) is 0 Å². The fourth-order valence-electron chi connectivity index (χ4n) is 2.43. The van der Waals surface area contributed by atoms with Gasteiger partial charge in [0.15, 0.2) is 0 Å². The lowest BCUT2D eigenvalue weighted by Crippen LogP contribution is -2.57. The van der Waals surface area contributed by atoms with Gasteiger partial charge in [0.05, 0.1) is 19.2 Å². The molecule has 2 rings (SSSR count). The highest BCUT2D eigenvalue weighted by molar-refractivity contribution is 5.82. The summed E-state index contributed by atoms with van der Waals surface area (Å²) in [5, 5.41) is 6.11. The number of benzene rings is 1. The summed E-state index contributed by atoms with van der Waals surface area (Å²) in [5.41, 5.74) is 1.06. The number of esters is 1. The van der Waals surface area contributed by atoms with Gasteiger partial charge in [-0.05, 0) is 12.5 Å². The first-order valence-corrected chi connectivity index (χ1v) is 7.62. The minimum atomic E-state index is -0.299. The number of hydrogen-bond donors (Lipinski definition) is 2. The predicted molar refractivity (Wildman–Crippen MR) is 83.2 cm³/mol. The normalized spacial score (nSPS) is 18.7. The monoisotopic (exact) mass is 305 g/mol. The topological polar surface area (TPSA) is 70.7 Å². The van der Waals surface area contributed by atoms with Crippen LogP contribution < -0.4 is 10.6 Å². The van der Waals surface area contributed by atoms with Gasteiger partial charge in [0, 0.05) is 26.2 Å². The maximum absolute atomic E-state index is 12.2. The lowest BCUT2D eigenvalue weighted by atomic mass is 10.1. The van der Waals surface area contributed by atoms with Crippen molar-refractivity contribution in [1.82, 2.24) is 15.5 Å². The molecule has 6 heteroatoms. The van der Waals surface area contributed by atoms with Crippen molar-refractivity contribution in [1.29, 1.82) is 0 Å². The van der Waals surface area contributed by atoms with Gasteiger partial charge in [-0.2, -0.15) is 0 Å². The Kier molecular flexibility index (Phi) is 6.36. The second-order valence-electron chi connectivity index (χ2n) is 5.25. The molecule has 1 amide bonds. The molecule has 1 aliphatic heterocycles. The molecule has 0 bridgehead atoms. The van der Waals surface area contributed by atoms with E-state index in [1.807, 2.05) is 35.2 Å². The fourth-order valence-corrected chi connectivity index (χ4v) is 2.43. The summed E-state index contributed by atoms with van der Waals surface area (Å²) in [5.74, 6) is -0.287. The van der Waals surface area contributed by atoms with Crippen molar-refractivity contribution in [2.75, 3.05) is 32.8 Å². The quantitative estimate of drug-likeness (QED) is 0.732. The van der Waals surface area contributed by atoms with Crippen molar-refractivity contribution in [3.63, 3.8) is 0 Å². The molecule has 1 saturated heterocycles. The fraction of sp³-hybridized carbons (Fsp3) is 0.500. The summed E-state index contributed by atoms with van der Waals surface area (Å²) in [4.78, 5) is 25.7. The molecular weight excluding hydrogens is 282 g/mol. The minimum absolute atomic E-state index is 0.0441. The van der Waals surface area contributed by atoms with Crippen LogP contribution in [0.5, 0.6) is 0 Å². The maximum atomic E-state index is 12.2. The largest absolute Gasteiger partial charge is 0.465 e. The van der Waals surface area contributed by atoms with E-state index in [4.69, 9.17) is 4.74 Å². The van der Waals surface area contributed by atoms with Gasteiger partial charge in [0.25, 0.3) is 0 Å². The van der Waals surface area contributed by atoms with Gasteiger partial charge in [-0.25, -0.2) is 0 Å². The van der Waals surface area contributed by atoms with Crippen molar-refractivity contribution in [3.8, 4) is 0 Å². The summed E-state index contributed by atoms with van der Waals surface area (Å²) in [6, 6.07) is 9.49. The first-order valence-electron chi connectivity index (χ1n) is 7.62. The van der Waals surface area contributed by atoms with Crippen LogP contribution in [0.3, 0.4) is 0 Å². The second-order valence-corrected chi connectivity index (χ2v) is 5.25. The number of ether oxygens (including phenoxy) is 1. The summed E-state index contributed by atoms with van der Waals surface area (Å²) in [6.45, 7) is 4.85. The molecule has 0 saturated carbocycles. The van der Waals surface area contributed by atoms with E-state index in [0.29, 0.717) is 26.2 Å². The van der Waals surface area contributed by atoms with Gasteiger partial charge in [0.2, 0.25) is 5.91 Å². The Balaban J connectivity index is 1.78. The van der Waals surface area contributed by atoms with Crippen LogP contribution in [0.1, 0.15) is 12.5 Å².